The first-order valence-corrected chi connectivity index (χ1v) is 7.78. The Kier molecular flexibility index (Phi) is 5.25. The Labute approximate surface area is 137 Å². The molecule has 0 aliphatic heterocycles. The van der Waals surface area contributed by atoms with E-state index in [2.05, 4.69) is 15.9 Å². The molecule has 2 aromatic rings. The Balaban J connectivity index is 2.38. The molecule has 2 nitrogen and oxygen atoms in total. The highest BCUT2D eigenvalue weighted by Gasteiger charge is 2.20. The van der Waals surface area contributed by atoms with Crippen molar-refractivity contribution in [3.05, 3.63) is 62.8 Å². The first-order valence-electron chi connectivity index (χ1n) is 6.61. The van der Waals surface area contributed by atoms with Crippen LogP contribution in [0.1, 0.15) is 24.1 Å². The van der Waals surface area contributed by atoms with Gasteiger partial charge in [-0.15, -0.1) is 0 Å². The summed E-state index contributed by atoms with van der Waals surface area (Å²) in [4.78, 5) is 1.86. The quantitative estimate of drug-likeness (QED) is 0.828. The normalized spacial score (nSPS) is 12.3. The van der Waals surface area contributed by atoms with E-state index in [1.165, 1.54) is 0 Å². The molecule has 0 bridgehead atoms. The van der Waals surface area contributed by atoms with Crippen LogP contribution < -0.4 is 10.6 Å². The molecule has 0 saturated carbocycles. The van der Waals surface area contributed by atoms with Crippen LogP contribution in [0.15, 0.2) is 40.9 Å². The summed E-state index contributed by atoms with van der Waals surface area (Å²) in [6.07, 6.45) is 0. The van der Waals surface area contributed by atoms with Gasteiger partial charge in [0.05, 0.1) is 16.2 Å². The van der Waals surface area contributed by atoms with E-state index in [1.807, 2.05) is 49.2 Å². The van der Waals surface area contributed by atoms with Crippen LogP contribution >= 0.6 is 27.5 Å². The van der Waals surface area contributed by atoms with Gasteiger partial charge in [0.1, 0.15) is 0 Å². The molecule has 0 fully saturated rings. The Bertz CT molecular complexity index is 648. The highest BCUT2D eigenvalue weighted by Crippen LogP contribution is 2.34. The Morgan fingerprint density at radius 3 is 2.57 bits per heavy atom. The van der Waals surface area contributed by atoms with E-state index in [4.69, 9.17) is 17.3 Å². The van der Waals surface area contributed by atoms with Crippen LogP contribution in [0.2, 0.25) is 5.02 Å². The smallest absolute Gasteiger partial charge is 0.160 e. The molecule has 0 amide bonds. The number of nitrogens with two attached hydrogens (primary N) is 1. The Hall–Kier alpha value is -1.10. The zero-order valence-corrected chi connectivity index (χ0v) is 14.2. The van der Waals surface area contributed by atoms with E-state index < -0.39 is 0 Å². The summed E-state index contributed by atoms with van der Waals surface area (Å²) in [5.74, 6) is -0.306. The molecule has 1 atom stereocenters. The molecule has 5 heteroatoms. The van der Waals surface area contributed by atoms with E-state index in [-0.39, 0.29) is 11.9 Å². The largest absolute Gasteiger partial charge is 0.365 e. The minimum Gasteiger partial charge on any atom is -0.365 e. The average Bonchev–Trinajstić information content (AvgIpc) is 2.49. The van der Waals surface area contributed by atoms with Crippen LogP contribution in [0.4, 0.5) is 10.1 Å². The third kappa shape index (κ3) is 3.23. The Morgan fingerprint density at radius 1 is 1.29 bits per heavy atom. The standard InChI is InChI=1S/C16H17BrClFN2/c1-10(12-5-3-4-6-13(12)18)21(2)14-8-7-11(9-20)15(17)16(14)19/h3-8,10H,9,20H2,1-2H3. The second-order valence-electron chi connectivity index (χ2n) is 4.88. The molecule has 0 aliphatic carbocycles. The lowest BCUT2D eigenvalue weighted by atomic mass is 10.1. The second-order valence-corrected chi connectivity index (χ2v) is 6.08. The van der Waals surface area contributed by atoms with Crippen molar-refractivity contribution in [2.24, 2.45) is 5.73 Å². The van der Waals surface area contributed by atoms with Crippen molar-refractivity contribution in [3.63, 3.8) is 0 Å². The fourth-order valence-corrected chi connectivity index (χ4v) is 3.03. The van der Waals surface area contributed by atoms with Crippen molar-refractivity contribution in [1.29, 1.82) is 0 Å². The van der Waals surface area contributed by atoms with Crippen LogP contribution in [-0.4, -0.2) is 7.05 Å². The highest BCUT2D eigenvalue weighted by molar-refractivity contribution is 9.10. The Morgan fingerprint density at radius 2 is 1.95 bits per heavy atom. The lowest BCUT2D eigenvalue weighted by Gasteiger charge is -2.29. The van der Waals surface area contributed by atoms with Gasteiger partial charge in [-0.05, 0) is 46.1 Å². The van der Waals surface area contributed by atoms with Crippen molar-refractivity contribution >= 4 is 33.2 Å². The first-order chi connectivity index (χ1) is 9.97. The van der Waals surface area contributed by atoms with Crippen LogP contribution in [0.3, 0.4) is 0 Å². The molecule has 0 heterocycles. The van der Waals surface area contributed by atoms with E-state index in [1.54, 1.807) is 6.07 Å². The van der Waals surface area contributed by atoms with Gasteiger partial charge in [0, 0.05) is 18.6 Å². The maximum Gasteiger partial charge on any atom is 0.160 e. The fourth-order valence-electron chi connectivity index (χ4n) is 2.24. The second kappa shape index (κ2) is 6.77. The predicted octanol–water partition coefficient (Wildman–Crippen LogP) is 4.90. The van der Waals surface area contributed by atoms with Gasteiger partial charge in [0.2, 0.25) is 0 Å². The first kappa shape index (κ1) is 16.3. The zero-order chi connectivity index (χ0) is 15.6. The van der Waals surface area contributed by atoms with E-state index >= 15 is 0 Å². The van der Waals surface area contributed by atoms with E-state index in [9.17, 15) is 4.39 Å². The van der Waals surface area contributed by atoms with Gasteiger partial charge in [-0.25, -0.2) is 4.39 Å². The van der Waals surface area contributed by atoms with Gasteiger partial charge in [0.15, 0.2) is 5.82 Å². The number of rotatable bonds is 4. The van der Waals surface area contributed by atoms with Crippen molar-refractivity contribution in [2.75, 3.05) is 11.9 Å². The molecule has 2 aromatic carbocycles. The zero-order valence-electron chi connectivity index (χ0n) is 11.9. The number of hydrogen-bond acceptors (Lipinski definition) is 2. The molecule has 0 radical (unpaired) electrons. The fraction of sp³-hybridized carbons (Fsp3) is 0.250. The van der Waals surface area contributed by atoms with Crippen molar-refractivity contribution in [1.82, 2.24) is 0 Å². The summed E-state index contributed by atoms with van der Waals surface area (Å²) in [5, 5.41) is 0.676. The molecule has 2 N–H and O–H groups in total. The summed E-state index contributed by atoms with van der Waals surface area (Å²) in [7, 11) is 1.85. The summed E-state index contributed by atoms with van der Waals surface area (Å²) >= 11 is 9.49. The third-order valence-electron chi connectivity index (χ3n) is 3.68. The topological polar surface area (TPSA) is 29.3 Å². The average molecular weight is 372 g/mol. The molecular weight excluding hydrogens is 355 g/mol. The lowest BCUT2D eigenvalue weighted by Crippen LogP contribution is -2.23. The molecule has 0 spiro atoms. The highest BCUT2D eigenvalue weighted by atomic mass is 79.9. The summed E-state index contributed by atoms with van der Waals surface area (Å²) < 4.78 is 14.9. The third-order valence-corrected chi connectivity index (χ3v) is 4.88. The van der Waals surface area contributed by atoms with Gasteiger partial charge in [0.25, 0.3) is 0 Å². The molecule has 0 aliphatic rings. The van der Waals surface area contributed by atoms with Gasteiger partial charge in [-0.3, -0.25) is 0 Å². The monoisotopic (exact) mass is 370 g/mol. The molecule has 2 rings (SSSR count). The van der Waals surface area contributed by atoms with Gasteiger partial charge in [-0.2, -0.15) is 0 Å². The summed E-state index contributed by atoms with van der Waals surface area (Å²) in [6.45, 7) is 2.28. The van der Waals surface area contributed by atoms with Crippen molar-refractivity contribution < 1.29 is 4.39 Å². The molecule has 1 unspecified atom stereocenters. The molecule has 112 valence electrons. The summed E-state index contributed by atoms with van der Waals surface area (Å²) in [5.41, 5.74) is 7.80. The van der Waals surface area contributed by atoms with Crippen LogP contribution in [0.25, 0.3) is 0 Å². The van der Waals surface area contributed by atoms with Gasteiger partial charge >= 0.3 is 0 Å². The number of halogens is 3. The molecule has 0 saturated heterocycles. The molecular formula is C16H17BrClFN2. The number of nitrogens with zero attached hydrogens (tertiary/aromatic N) is 1. The van der Waals surface area contributed by atoms with Crippen LogP contribution in [-0.2, 0) is 6.54 Å². The predicted molar refractivity (Wildman–Crippen MR) is 90.3 cm³/mol. The number of hydrogen-bond donors (Lipinski definition) is 1. The SMILES string of the molecule is CC(c1ccccc1Cl)N(C)c1ccc(CN)c(Br)c1F. The number of benzene rings is 2. The number of anilines is 1. The van der Waals surface area contributed by atoms with Crippen LogP contribution in [0, 0.1) is 5.82 Å². The minimum absolute atomic E-state index is 0.0520. The van der Waals surface area contributed by atoms with E-state index in [0.717, 1.165) is 11.1 Å². The van der Waals surface area contributed by atoms with Crippen LogP contribution in [0.5, 0.6) is 0 Å². The maximum absolute atomic E-state index is 14.5. The lowest BCUT2D eigenvalue weighted by molar-refractivity contribution is 0.603. The molecule has 21 heavy (non-hydrogen) atoms. The van der Waals surface area contributed by atoms with Crippen molar-refractivity contribution in [3.8, 4) is 0 Å². The summed E-state index contributed by atoms with van der Waals surface area (Å²) in [6, 6.07) is 11.1. The maximum atomic E-state index is 14.5. The minimum atomic E-state index is -0.306. The van der Waals surface area contributed by atoms with Gasteiger partial charge < -0.3 is 10.6 Å². The van der Waals surface area contributed by atoms with Gasteiger partial charge in [-0.1, -0.05) is 35.9 Å². The molecule has 0 aromatic heterocycles. The van der Waals surface area contributed by atoms with E-state index in [0.29, 0.717) is 21.7 Å². The van der Waals surface area contributed by atoms with Crippen molar-refractivity contribution in [2.45, 2.75) is 19.5 Å².